The number of Topliss-reactive ketones (excluding diaryl/α,β-unsaturated/α-hetero) is 1. The van der Waals surface area contributed by atoms with E-state index in [1.54, 1.807) is 6.92 Å². The van der Waals surface area contributed by atoms with E-state index in [0.717, 1.165) is 11.1 Å². The summed E-state index contributed by atoms with van der Waals surface area (Å²) in [5, 5.41) is 11.7. The lowest BCUT2D eigenvalue weighted by Gasteiger charge is -2.29. The first-order chi connectivity index (χ1) is 24.8. The monoisotopic (exact) mass is 719 g/mol. The van der Waals surface area contributed by atoms with E-state index in [4.69, 9.17) is 9.47 Å². The van der Waals surface area contributed by atoms with Crippen LogP contribution in [0.3, 0.4) is 0 Å². The molecule has 52 heavy (non-hydrogen) atoms. The summed E-state index contributed by atoms with van der Waals surface area (Å²) in [5.74, 6) is -1.83. The minimum Gasteiger partial charge on any atom is -0.379 e. The molecule has 12 heteroatoms. The molecule has 0 spiro atoms. The molecule has 2 aliphatic heterocycles. The van der Waals surface area contributed by atoms with Crippen molar-refractivity contribution in [1.29, 1.82) is 0 Å². The third-order valence-corrected chi connectivity index (χ3v) is 9.38. The Hall–Kier alpha value is -4.13. The first-order valence-electron chi connectivity index (χ1n) is 18.6. The fourth-order valence-electron chi connectivity index (χ4n) is 6.33. The van der Waals surface area contributed by atoms with E-state index in [1.165, 1.54) is 0 Å². The van der Waals surface area contributed by atoms with Gasteiger partial charge in [-0.1, -0.05) is 88.4 Å². The quantitative estimate of drug-likeness (QED) is 0.152. The molecule has 284 valence electrons. The second-order valence-electron chi connectivity index (χ2n) is 15.0. The number of nitrogens with zero attached hydrogens (tertiary/aromatic N) is 1. The number of aryl methyl sites for hydroxylation is 1. The summed E-state index contributed by atoms with van der Waals surface area (Å²) in [5.41, 5.74) is 0.915. The number of morpholine rings is 1. The Labute approximate surface area is 308 Å². The Morgan fingerprint density at radius 3 is 1.77 bits per heavy atom. The third-order valence-electron chi connectivity index (χ3n) is 9.38. The zero-order chi connectivity index (χ0) is 37.7. The molecule has 2 fully saturated rings. The summed E-state index contributed by atoms with van der Waals surface area (Å²) in [4.78, 5) is 70.5. The molecule has 0 radical (unpaired) electrons. The number of rotatable bonds is 20. The molecule has 2 aliphatic rings. The van der Waals surface area contributed by atoms with E-state index in [1.807, 2.05) is 93.3 Å². The van der Waals surface area contributed by atoms with Gasteiger partial charge in [0, 0.05) is 19.5 Å². The van der Waals surface area contributed by atoms with Gasteiger partial charge in [-0.05, 0) is 55.6 Å². The highest BCUT2D eigenvalue weighted by Gasteiger charge is 2.50. The fraction of sp³-hybridized carbons (Fsp3) is 0.575. The van der Waals surface area contributed by atoms with Crippen LogP contribution in [0.15, 0.2) is 60.7 Å². The normalized spacial score (nSPS) is 19.6. The number of ketones is 1. The van der Waals surface area contributed by atoms with Crippen LogP contribution in [-0.2, 0) is 46.3 Å². The first-order valence-corrected chi connectivity index (χ1v) is 18.6. The van der Waals surface area contributed by atoms with Crippen molar-refractivity contribution in [2.24, 2.45) is 11.8 Å². The number of amides is 4. The van der Waals surface area contributed by atoms with Crippen molar-refractivity contribution < 1.29 is 33.4 Å². The van der Waals surface area contributed by atoms with Crippen molar-refractivity contribution in [3.05, 3.63) is 71.8 Å². The Balaban J connectivity index is 1.51. The second kappa shape index (κ2) is 19.6. The minimum absolute atomic E-state index is 0.0171. The molecule has 0 saturated carbocycles. The molecule has 4 rings (SSSR count). The number of carbonyl (C=O) groups excluding carboxylic acids is 5. The number of benzene rings is 2. The molecule has 0 unspecified atom stereocenters. The first kappa shape index (κ1) is 40.6. The highest BCUT2D eigenvalue weighted by atomic mass is 16.6. The smallest absolute Gasteiger partial charge is 0.243 e. The summed E-state index contributed by atoms with van der Waals surface area (Å²) in [6.45, 7) is 12.3. The number of hydrogen-bond acceptors (Lipinski definition) is 8. The molecule has 0 aromatic heterocycles. The average Bonchev–Trinajstić information content (AvgIpc) is 3.87. The standard InChI is InChI=1S/C40H57N5O7/c1-27(2)22-32(36(47)40(5)26-52-40)42-39(50)34(24-30-14-10-7-11-15-30)44-38(49)33(23-28(3)4)43-37(48)31(17-16-29-12-8-6-9-13-29)41-35(46)25-45-18-20-51-21-19-45/h6-15,27-28,31-34H,16-26H2,1-5H3,(H,41,46)(H,42,50)(H,43,48)(H,44,49)/t31-,32-,33+,34-,40-/m0/s1. The number of nitrogens with one attached hydrogen (secondary N) is 4. The number of carbonyl (C=O) groups is 5. The lowest BCUT2D eigenvalue weighted by molar-refractivity contribution is -0.135. The predicted octanol–water partition coefficient (Wildman–Crippen LogP) is 2.58. The summed E-state index contributed by atoms with van der Waals surface area (Å²) in [7, 11) is 0. The molecular formula is C40H57N5O7. The Kier molecular flexibility index (Phi) is 15.3. The summed E-state index contributed by atoms with van der Waals surface area (Å²) in [6, 6.07) is 15.3. The van der Waals surface area contributed by atoms with Crippen molar-refractivity contribution in [2.75, 3.05) is 39.5 Å². The van der Waals surface area contributed by atoms with Gasteiger partial charge >= 0.3 is 0 Å². The summed E-state index contributed by atoms with van der Waals surface area (Å²) >= 11 is 0. The maximum absolute atomic E-state index is 14.1. The van der Waals surface area contributed by atoms with Gasteiger partial charge in [0.2, 0.25) is 23.6 Å². The van der Waals surface area contributed by atoms with Crippen LogP contribution in [0.5, 0.6) is 0 Å². The number of epoxide rings is 1. The lowest BCUT2D eigenvalue weighted by atomic mass is 9.93. The van der Waals surface area contributed by atoms with Crippen LogP contribution in [0.4, 0.5) is 0 Å². The van der Waals surface area contributed by atoms with Crippen LogP contribution < -0.4 is 21.3 Å². The molecule has 2 heterocycles. The van der Waals surface area contributed by atoms with E-state index in [2.05, 4.69) is 21.3 Å². The molecular weight excluding hydrogens is 662 g/mol. The van der Waals surface area contributed by atoms with Gasteiger partial charge in [-0.15, -0.1) is 0 Å². The van der Waals surface area contributed by atoms with Crippen molar-refractivity contribution in [1.82, 2.24) is 26.2 Å². The van der Waals surface area contributed by atoms with Gasteiger partial charge in [-0.25, -0.2) is 0 Å². The molecule has 5 atom stereocenters. The van der Waals surface area contributed by atoms with Gasteiger partial charge in [-0.3, -0.25) is 28.9 Å². The zero-order valence-corrected chi connectivity index (χ0v) is 31.3. The maximum Gasteiger partial charge on any atom is 0.243 e. The predicted molar refractivity (Wildman–Crippen MR) is 198 cm³/mol. The summed E-state index contributed by atoms with van der Waals surface area (Å²) < 4.78 is 10.8. The third kappa shape index (κ3) is 13.1. The van der Waals surface area contributed by atoms with Gasteiger partial charge in [0.25, 0.3) is 0 Å². The molecule has 4 N–H and O–H groups in total. The van der Waals surface area contributed by atoms with Gasteiger partial charge in [-0.2, -0.15) is 0 Å². The SMILES string of the molecule is CC(C)C[C@H](NC(=O)[C@H](Cc1ccccc1)NC(=O)[C@@H](CC(C)C)NC(=O)[C@H](CCc1ccccc1)NC(=O)CN1CCOCC1)C(=O)[C@]1(C)CO1. The van der Waals surface area contributed by atoms with Crippen molar-refractivity contribution >= 4 is 29.4 Å². The average molecular weight is 720 g/mol. The van der Waals surface area contributed by atoms with E-state index < -0.39 is 47.5 Å². The Morgan fingerprint density at radius 2 is 1.19 bits per heavy atom. The van der Waals surface area contributed by atoms with Crippen molar-refractivity contribution in [2.45, 2.75) is 96.5 Å². The maximum atomic E-state index is 14.1. The molecule has 2 saturated heterocycles. The van der Waals surface area contributed by atoms with Gasteiger partial charge < -0.3 is 30.7 Å². The molecule has 2 aromatic rings. The molecule has 0 bridgehead atoms. The highest BCUT2D eigenvalue weighted by molar-refractivity contribution is 5.98. The molecule has 2 aromatic carbocycles. The fourth-order valence-corrected chi connectivity index (χ4v) is 6.33. The summed E-state index contributed by atoms with van der Waals surface area (Å²) in [6.07, 6.45) is 1.76. The molecule has 4 amide bonds. The second-order valence-corrected chi connectivity index (χ2v) is 15.0. The van der Waals surface area contributed by atoms with Crippen LogP contribution in [0, 0.1) is 11.8 Å². The van der Waals surface area contributed by atoms with Crippen LogP contribution >= 0.6 is 0 Å². The van der Waals surface area contributed by atoms with E-state index >= 15 is 0 Å². The van der Waals surface area contributed by atoms with Crippen molar-refractivity contribution in [3.63, 3.8) is 0 Å². The molecule has 0 aliphatic carbocycles. The van der Waals surface area contributed by atoms with Gasteiger partial charge in [0.1, 0.15) is 23.7 Å². The van der Waals surface area contributed by atoms with Gasteiger partial charge in [0.15, 0.2) is 5.78 Å². The largest absolute Gasteiger partial charge is 0.379 e. The van der Waals surface area contributed by atoms with Crippen molar-refractivity contribution in [3.8, 4) is 0 Å². The van der Waals surface area contributed by atoms with Crippen LogP contribution in [0.2, 0.25) is 0 Å². The van der Waals surface area contributed by atoms with Crippen LogP contribution in [0.25, 0.3) is 0 Å². The Morgan fingerprint density at radius 1 is 0.692 bits per heavy atom. The van der Waals surface area contributed by atoms with Crippen LogP contribution in [-0.4, -0.2) is 104 Å². The number of hydrogen-bond donors (Lipinski definition) is 4. The van der Waals surface area contributed by atoms with Gasteiger partial charge in [0.05, 0.1) is 32.4 Å². The van der Waals surface area contributed by atoms with E-state index in [-0.39, 0.29) is 36.5 Å². The zero-order valence-electron chi connectivity index (χ0n) is 31.3. The Bertz CT molecular complexity index is 1480. The highest BCUT2D eigenvalue weighted by Crippen LogP contribution is 2.29. The molecule has 12 nitrogen and oxygen atoms in total. The minimum atomic E-state index is -1.03. The van der Waals surface area contributed by atoms with E-state index in [9.17, 15) is 24.0 Å². The lowest BCUT2D eigenvalue weighted by Crippen LogP contribution is -2.59. The van der Waals surface area contributed by atoms with E-state index in [0.29, 0.717) is 58.6 Å². The number of ether oxygens (including phenoxy) is 2. The van der Waals surface area contributed by atoms with Crippen LogP contribution in [0.1, 0.15) is 65.0 Å². The topological polar surface area (TPSA) is 158 Å².